The molecule has 1 atom stereocenters. The van der Waals surface area contributed by atoms with Crippen LogP contribution in [0.1, 0.15) is 40.7 Å². The predicted molar refractivity (Wildman–Crippen MR) is 101 cm³/mol. The molecule has 1 saturated heterocycles. The van der Waals surface area contributed by atoms with Crippen molar-refractivity contribution in [3.05, 3.63) is 65.5 Å². The van der Waals surface area contributed by atoms with Crippen LogP contribution >= 0.6 is 0 Å². The Bertz CT molecular complexity index is 1020. The summed E-state index contributed by atoms with van der Waals surface area (Å²) in [6, 6.07) is 11.3. The number of nitriles is 1. The average molecular weight is 393 g/mol. The SMILES string of the molecule is N#C[C@@H]1CC(F)(F)CN1C(=O)CCC(=O)c1ccncc1C#Cc1ccccc1. The van der Waals surface area contributed by atoms with Gasteiger partial charge >= 0.3 is 0 Å². The maximum Gasteiger partial charge on any atom is 0.268 e. The second-order valence-corrected chi connectivity index (χ2v) is 6.69. The summed E-state index contributed by atoms with van der Waals surface area (Å²) < 4.78 is 27.0. The summed E-state index contributed by atoms with van der Waals surface area (Å²) in [6.07, 6.45) is 1.84. The van der Waals surface area contributed by atoms with Gasteiger partial charge in [-0.25, -0.2) is 8.78 Å². The Balaban J connectivity index is 1.68. The fourth-order valence-corrected chi connectivity index (χ4v) is 3.09. The molecule has 0 aliphatic carbocycles. The van der Waals surface area contributed by atoms with Gasteiger partial charge in [0, 0.05) is 42.8 Å². The second kappa shape index (κ2) is 8.62. The van der Waals surface area contributed by atoms with Gasteiger partial charge in [0.2, 0.25) is 5.91 Å². The molecule has 0 unspecified atom stereocenters. The molecule has 0 N–H and O–H groups in total. The third-order valence-electron chi connectivity index (χ3n) is 4.54. The van der Waals surface area contributed by atoms with E-state index in [1.54, 1.807) is 6.07 Å². The van der Waals surface area contributed by atoms with Crippen LogP contribution in [0.25, 0.3) is 0 Å². The minimum atomic E-state index is -3.08. The smallest absolute Gasteiger partial charge is 0.268 e. The zero-order chi connectivity index (χ0) is 20.9. The van der Waals surface area contributed by atoms with E-state index in [2.05, 4.69) is 16.8 Å². The van der Waals surface area contributed by atoms with Crippen molar-refractivity contribution in [1.82, 2.24) is 9.88 Å². The van der Waals surface area contributed by atoms with Crippen molar-refractivity contribution >= 4 is 11.7 Å². The number of halogens is 2. The topological polar surface area (TPSA) is 74.1 Å². The molecule has 1 aliphatic heterocycles. The number of hydrogen-bond donors (Lipinski definition) is 0. The molecule has 0 spiro atoms. The number of benzene rings is 1. The van der Waals surface area contributed by atoms with E-state index in [-0.39, 0.29) is 18.6 Å². The Morgan fingerprint density at radius 2 is 1.93 bits per heavy atom. The van der Waals surface area contributed by atoms with Gasteiger partial charge in [-0.3, -0.25) is 14.6 Å². The third kappa shape index (κ3) is 5.03. The van der Waals surface area contributed by atoms with Crippen molar-refractivity contribution in [2.24, 2.45) is 0 Å². The van der Waals surface area contributed by atoms with Crippen LogP contribution in [-0.4, -0.2) is 40.1 Å². The lowest BCUT2D eigenvalue weighted by atomic mass is 10.0. The number of pyridine rings is 1. The number of alkyl halides is 2. The first-order valence-corrected chi connectivity index (χ1v) is 9.01. The van der Waals surface area contributed by atoms with Gasteiger partial charge in [0.1, 0.15) is 6.04 Å². The summed E-state index contributed by atoms with van der Waals surface area (Å²) >= 11 is 0. The molecule has 1 fully saturated rings. The number of aromatic nitrogens is 1. The zero-order valence-electron chi connectivity index (χ0n) is 15.4. The van der Waals surface area contributed by atoms with E-state index < -0.39 is 30.8 Å². The van der Waals surface area contributed by atoms with Crippen LogP contribution in [0.3, 0.4) is 0 Å². The maximum absolute atomic E-state index is 13.5. The summed E-state index contributed by atoms with van der Waals surface area (Å²) in [5, 5.41) is 9.00. The minimum absolute atomic E-state index is 0.164. The maximum atomic E-state index is 13.5. The number of carbonyl (C=O) groups excluding carboxylic acids is 2. The molecule has 0 saturated carbocycles. The normalized spacial score (nSPS) is 17.1. The van der Waals surface area contributed by atoms with E-state index in [0.717, 1.165) is 10.5 Å². The lowest BCUT2D eigenvalue weighted by Crippen LogP contribution is -2.36. The average Bonchev–Trinajstić information content (AvgIpc) is 3.06. The number of likely N-dealkylation sites (tertiary alicyclic amines) is 1. The van der Waals surface area contributed by atoms with E-state index in [1.807, 2.05) is 30.3 Å². The Morgan fingerprint density at radius 1 is 1.17 bits per heavy atom. The first kappa shape index (κ1) is 20.2. The standard InChI is InChI=1S/C22H17F2N3O2/c23-22(24)12-18(13-25)27(15-22)21(29)9-8-20(28)19-10-11-26-14-17(19)7-6-16-4-2-1-3-5-16/h1-5,10-11,14,18H,8-9,12,15H2/t18-/m0/s1. The highest BCUT2D eigenvalue weighted by molar-refractivity contribution is 6.00. The summed E-state index contributed by atoms with van der Waals surface area (Å²) in [4.78, 5) is 29.7. The van der Waals surface area contributed by atoms with Crippen molar-refractivity contribution in [1.29, 1.82) is 5.26 Å². The molecule has 0 radical (unpaired) electrons. The Morgan fingerprint density at radius 3 is 2.66 bits per heavy atom. The van der Waals surface area contributed by atoms with E-state index in [9.17, 15) is 18.4 Å². The Hall–Kier alpha value is -3.58. The van der Waals surface area contributed by atoms with Gasteiger partial charge in [-0.05, 0) is 18.2 Å². The van der Waals surface area contributed by atoms with Gasteiger partial charge in [0.05, 0.1) is 18.2 Å². The molecule has 29 heavy (non-hydrogen) atoms. The van der Waals surface area contributed by atoms with Crippen LogP contribution in [0, 0.1) is 23.2 Å². The van der Waals surface area contributed by atoms with Crippen molar-refractivity contribution in [3.63, 3.8) is 0 Å². The van der Waals surface area contributed by atoms with E-state index in [1.165, 1.54) is 18.5 Å². The van der Waals surface area contributed by atoms with Crippen LogP contribution in [-0.2, 0) is 4.79 Å². The van der Waals surface area contributed by atoms with E-state index in [0.29, 0.717) is 11.1 Å². The number of rotatable bonds is 4. The van der Waals surface area contributed by atoms with Crippen LogP contribution in [0.15, 0.2) is 48.8 Å². The number of carbonyl (C=O) groups is 2. The molecule has 7 heteroatoms. The second-order valence-electron chi connectivity index (χ2n) is 6.69. The molecular formula is C22H17F2N3O2. The fraction of sp³-hybridized carbons (Fsp3) is 0.273. The molecule has 1 aromatic carbocycles. The fourth-order valence-electron chi connectivity index (χ4n) is 3.09. The highest BCUT2D eigenvalue weighted by Crippen LogP contribution is 2.32. The molecule has 2 aromatic rings. The van der Waals surface area contributed by atoms with E-state index in [4.69, 9.17) is 5.26 Å². The minimum Gasteiger partial charge on any atom is -0.320 e. The van der Waals surface area contributed by atoms with Crippen molar-refractivity contribution < 1.29 is 18.4 Å². The largest absolute Gasteiger partial charge is 0.320 e. The summed E-state index contributed by atoms with van der Waals surface area (Å²) in [7, 11) is 0. The molecule has 146 valence electrons. The summed E-state index contributed by atoms with van der Waals surface area (Å²) in [5.74, 6) is 1.82. The molecule has 5 nitrogen and oxygen atoms in total. The third-order valence-corrected chi connectivity index (χ3v) is 4.54. The van der Waals surface area contributed by atoms with E-state index >= 15 is 0 Å². The van der Waals surface area contributed by atoms with Crippen LogP contribution in [0.2, 0.25) is 0 Å². The molecule has 0 bridgehead atoms. The molecule has 1 aromatic heterocycles. The number of amides is 1. The van der Waals surface area contributed by atoms with Gasteiger partial charge in [0.15, 0.2) is 5.78 Å². The van der Waals surface area contributed by atoms with Crippen LogP contribution in [0.4, 0.5) is 8.78 Å². The van der Waals surface area contributed by atoms with Gasteiger partial charge in [-0.15, -0.1) is 0 Å². The molecule has 1 aliphatic rings. The van der Waals surface area contributed by atoms with Crippen LogP contribution in [0.5, 0.6) is 0 Å². The number of nitrogens with zero attached hydrogens (tertiary/aromatic N) is 3. The van der Waals surface area contributed by atoms with Crippen molar-refractivity contribution in [2.45, 2.75) is 31.2 Å². The lowest BCUT2D eigenvalue weighted by Gasteiger charge is -2.18. The zero-order valence-corrected chi connectivity index (χ0v) is 15.4. The predicted octanol–water partition coefficient (Wildman–Crippen LogP) is 3.20. The van der Waals surface area contributed by atoms with Crippen LogP contribution < -0.4 is 0 Å². The van der Waals surface area contributed by atoms with Crippen molar-refractivity contribution in [3.8, 4) is 17.9 Å². The number of Topliss-reactive ketones (excluding diaryl/α,β-unsaturated/α-hetero) is 1. The molecule has 1 amide bonds. The highest BCUT2D eigenvalue weighted by atomic mass is 19.3. The first-order chi connectivity index (χ1) is 13.9. The molecule has 3 rings (SSSR count). The van der Waals surface area contributed by atoms with Gasteiger partial charge < -0.3 is 4.90 Å². The van der Waals surface area contributed by atoms with Gasteiger partial charge in [-0.2, -0.15) is 5.26 Å². The lowest BCUT2D eigenvalue weighted by molar-refractivity contribution is -0.132. The number of hydrogen-bond acceptors (Lipinski definition) is 4. The monoisotopic (exact) mass is 393 g/mol. The summed E-state index contributed by atoms with van der Waals surface area (Å²) in [6.45, 7) is -0.790. The summed E-state index contributed by atoms with van der Waals surface area (Å²) in [5.41, 5.74) is 1.53. The highest BCUT2D eigenvalue weighted by Gasteiger charge is 2.47. The van der Waals surface area contributed by atoms with Crippen molar-refractivity contribution in [2.75, 3.05) is 6.54 Å². The number of ketones is 1. The van der Waals surface area contributed by atoms with Gasteiger partial charge in [0.25, 0.3) is 5.92 Å². The molecular weight excluding hydrogens is 376 g/mol. The molecule has 2 heterocycles. The van der Waals surface area contributed by atoms with Gasteiger partial charge in [-0.1, -0.05) is 30.0 Å². The quantitative estimate of drug-likeness (QED) is 0.591. The Labute approximate surface area is 167 Å². The first-order valence-electron chi connectivity index (χ1n) is 9.01. The Kier molecular flexibility index (Phi) is 5.99.